The van der Waals surface area contributed by atoms with Crippen LogP contribution in [0.15, 0.2) is 36.7 Å². The number of methoxy groups -OCH3 is 1. The molecule has 0 fully saturated rings. The van der Waals surface area contributed by atoms with Crippen LogP contribution in [0.3, 0.4) is 0 Å². The van der Waals surface area contributed by atoms with Crippen LogP contribution < -0.4 is 15.8 Å². The van der Waals surface area contributed by atoms with Gasteiger partial charge in [-0.2, -0.15) is 0 Å². The van der Waals surface area contributed by atoms with Gasteiger partial charge in [0.15, 0.2) is 11.6 Å². The van der Waals surface area contributed by atoms with E-state index in [4.69, 9.17) is 10.5 Å². The topological polar surface area (TPSA) is 60.2 Å². The zero-order valence-electron chi connectivity index (χ0n) is 9.27. The molecule has 3 N–H and O–H groups in total. The smallest absolute Gasteiger partial charge is 0.167 e. The van der Waals surface area contributed by atoms with Gasteiger partial charge in [0.05, 0.1) is 24.7 Å². The van der Waals surface area contributed by atoms with Gasteiger partial charge < -0.3 is 15.8 Å². The molecule has 17 heavy (non-hydrogen) atoms. The molecule has 0 saturated heterocycles. The van der Waals surface area contributed by atoms with E-state index in [1.807, 2.05) is 0 Å². The maximum atomic E-state index is 13.4. The number of pyridine rings is 1. The van der Waals surface area contributed by atoms with Crippen LogP contribution in [0.1, 0.15) is 0 Å². The third-order valence-corrected chi connectivity index (χ3v) is 2.20. The van der Waals surface area contributed by atoms with Crippen molar-refractivity contribution in [1.82, 2.24) is 4.98 Å². The maximum absolute atomic E-state index is 13.4. The molecule has 0 spiro atoms. The average molecular weight is 233 g/mol. The maximum Gasteiger partial charge on any atom is 0.167 e. The number of nitrogens with one attached hydrogen (secondary N) is 1. The Morgan fingerprint density at radius 3 is 2.71 bits per heavy atom. The Morgan fingerprint density at radius 1 is 1.24 bits per heavy atom. The van der Waals surface area contributed by atoms with E-state index >= 15 is 0 Å². The van der Waals surface area contributed by atoms with Gasteiger partial charge in [-0.3, -0.25) is 4.98 Å². The first-order valence-corrected chi connectivity index (χ1v) is 5.00. The summed E-state index contributed by atoms with van der Waals surface area (Å²) in [6.07, 6.45) is 3.15. The van der Waals surface area contributed by atoms with Gasteiger partial charge in [0.1, 0.15) is 0 Å². The highest BCUT2D eigenvalue weighted by molar-refractivity contribution is 5.62. The molecule has 88 valence electrons. The molecule has 4 nitrogen and oxygen atoms in total. The molecular weight excluding hydrogens is 221 g/mol. The van der Waals surface area contributed by atoms with E-state index in [2.05, 4.69) is 10.3 Å². The molecule has 1 aromatic carbocycles. The molecule has 0 aliphatic carbocycles. The number of benzene rings is 1. The Hall–Kier alpha value is -2.30. The summed E-state index contributed by atoms with van der Waals surface area (Å²) in [6, 6.07) is 6.33. The van der Waals surface area contributed by atoms with E-state index in [1.54, 1.807) is 30.6 Å². The van der Waals surface area contributed by atoms with Gasteiger partial charge >= 0.3 is 0 Å². The van der Waals surface area contributed by atoms with Crippen LogP contribution in [0, 0.1) is 5.82 Å². The molecule has 0 aliphatic heterocycles. The average Bonchev–Trinajstić information content (AvgIpc) is 2.29. The van der Waals surface area contributed by atoms with E-state index in [0.29, 0.717) is 17.1 Å². The van der Waals surface area contributed by atoms with Crippen LogP contribution in [0.4, 0.5) is 21.5 Å². The summed E-state index contributed by atoms with van der Waals surface area (Å²) in [4.78, 5) is 3.93. The van der Waals surface area contributed by atoms with Crippen LogP contribution in [0.2, 0.25) is 0 Å². The van der Waals surface area contributed by atoms with Crippen molar-refractivity contribution in [2.24, 2.45) is 0 Å². The Labute approximate surface area is 98.2 Å². The number of hydrogen-bond donors (Lipinski definition) is 2. The third kappa shape index (κ3) is 2.63. The zero-order valence-corrected chi connectivity index (χ0v) is 9.27. The van der Waals surface area contributed by atoms with Gasteiger partial charge in [-0.1, -0.05) is 0 Å². The number of nitrogens with zero attached hydrogens (tertiary/aromatic N) is 1. The summed E-state index contributed by atoms with van der Waals surface area (Å²) in [5, 5.41) is 3.00. The van der Waals surface area contributed by atoms with Crippen molar-refractivity contribution in [2.75, 3.05) is 18.2 Å². The third-order valence-electron chi connectivity index (χ3n) is 2.20. The molecule has 0 aliphatic rings. The molecular formula is C12H12FN3O. The van der Waals surface area contributed by atoms with Gasteiger partial charge in [0, 0.05) is 18.0 Å². The lowest BCUT2D eigenvalue weighted by Crippen LogP contribution is -1.95. The predicted molar refractivity (Wildman–Crippen MR) is 64.9 cm³/mol. The van der Waals surface area contributed by atoms with Crippen molar-refractivity contribution in [3.8, 4) is 5.75 Å². The van der Waals surface area contributed by atoms with Crippen LogP contribution in [0.25, 0.3) is 0 Å². The Bertz CT molecular complexity index is 531. The largest absolute Gasteiger partial charge is 0.494 e. The van der Waals surface area contributed by atoms with Gasteiger partial charge in [0.2, 0.25) is 0 Å². The van der Waals surface area contributed by atoms with Gasteiger partial charge in [-0.15, -0.1) is 0 Å². The molecule has 1 aromatic heterocycles. The number of anilines is 3. The summed E-state index contributed by atoms with van der Waals surface area (Å²) in [7, 11) is 1.42. The minimum absolute atomic E-state index is 0.209. The van der Waals surface area contributed by atoms with Crippen LogP contribution >= 0.6 is 0 Å². The molecule has 2 aromatic rings. The van der Waals surface area contributed by atoms with Crippen molar-refractivity contribution < 1.29 is 9.13 Å². The Morgan fingerprint density at radius 2 is 2.06 bits per heavy atom. The fourth-order valence-electron chi connectivity index (χ4n) is 1.44. The number of halogens is 1. The highest BCUT2D eigenvalue weighted by Gasteiger charge is 2.03. The Balaban J connectivity index is 2.22. The highest BCUT2D eigenvalue weighted by Crippen LogP contribution is 2.23. The minimum atomic E-state index is -0.422. The number of rotatable bonds is 3. The first-order valence-electron chi connectivity index (χ1n) is 5.00. The van der Waals surface area contributed by atoms with Crippen LogP contribution in [0.5, 0.6) is 5.75 Å². The number of hydrogen-bond acceptors (Lipinski definition) is 4. The van der Waals surface area contributed by atoms with E-state index in [1.165, 1.54) is 13.2 Å². The van der Waals surface area contributed by atoms with E-state index in [0.717, 1.165) is 0 Å². The quantitative estimate of drug-likeness (QED) is 0.855. The number of aromatic nitrogens is 1. The molecule has 0 atom stereocenters. The summed E-state index contributed by atoms with van der Waals surface area (Å²) in [6.45, 7) is 0. The standard InChI is InChI=1S/C12H12FN3O/c1-17-12-3-2-9(5-11(12)13)16-10-4-8(14)6-15-7-10/h2-7,16H,14H2,1H3. The normalized spacial score (nSPS) is 10.0. The van der Waals surface area contributed by atoms with Gasteiger partial charge in [-0.25, -0.2) is 4.39 Å². The number of nitrogen functional groups attached to an aromatic ring is 1. The van der Waals surface area contributed by atoms with E-state index in [9.17, 15) is 4.39 Å². The monoisotopic (exact) mass is 233 g/mol. The molecule has 5 heteroatoms. The summed E-state index contributed by atoms with van der Waals surface area (Å²) < 4.78 is 18.3. The molecule has 0 unspecified atom stereocenters. The molecule has 0 bridgehead atoms. The fraction of sp³-hybridized carbons (Fsp3) is 0.0833. The number of ether oxygens (including phenoxy) is 1. The lowest BCUT2D eigenvalue weighted by molar-refractivity contribution is 0.386. The predicted octanol–water partition coefficient (Wildman–Crippen LogP) is 2.56. The van der Waals surface area contributed by atoms with E-state index < -0.39 is 5.82 Å². The van der Waals surface area contributed by atoms with Crippen LogP contribution in [-0.2, 0) is 0 Å². The zero-order chi connectivity index (χ0) is 12.3. The molecule has 1 heterocycles. The minimum Gasteiger partial charge on any atom is -0.494 e. The number of nitrogens with two attached hydrogens (primary N) is 1. The van der Waals surface area contributed by atoms with Crippen LogP contribution in [-0.4, -0.2) is 12.1 Å². The van der Waals surface area contributed by atoms with Crippen molar-refractivity contribution in [3.63, 3.8) is 0 Å². The van der Waals surface area contributed by atoms with Crippen molar-refractivity contribution in [2.45, 2.75) is 0 Å². The van der Waals surface area contributed by atoms with E-state index in [-0.39, 0.29) is 5.75 Å². The summed E-state index contributed by atoms with van der Waals surface area (Å²) in [5.74, 6) is -0.212. The second-order valence-corrected chi connectivity index (χ2v) is 3.48. The van der Waals surface area contributed by atoms with Crippen molar-refractivity contribution in [1.29, 1.82) is 0 Å². The summed E-state index contributed by atoms with van der Waals surface area (Å²) >= 11 is 0. The molecule has 2 rings (SSSR count). The second-order valence-electron chi connectivity index (χ2n) is 3.48. The van der Waals surface area contributed by atoms with Gasteiger partial charge in [-0.05, 0) is 18.2 Å². The molecule has 0 amide bonds. The van der Waals surface area contributed by atoms with Crippen molar-refractivity contribution >= 4 is 17.1 Å². The van der Waals surface area contributed by atoms with Gasteiger partial charge in [0.25, 0.3) is 0 Å². The molecule has 0 radical (unpaired) electrons. The highest BCUT2D eigenvalue weighted by atomic mass is 19.1. The SMILES string of the molecule is COc1ccc(Nc2cncc(N)c2)cc1F. The lowest BCUT2D eigenvalue weighted by atomic mass is 10.2. The Kier molecular flexibility index (Phi) is 3.09. The fourth-order valence-corrected chi connectivity index (χ4v) is 1.44. The first kappa shape index (κ1) is 11.2. The van der Waals surface area contributed by atoms with Crippen molar-refractivity contribution in [3.05, 3.63) is 42.5 Å². The molecule has 0 saturated carbocycles. The second kappa shape index (κ2) is 4.69. The first-order chi connectivity index (χ1) is 8.19. The lowest BCUT2D eigenvalue weighted by Gasteiger charge is -2.08. The summed E-state index contributed by atoms with van der Waals surface area (Å²) in [5.41, 5.74) is 7.45.